The third kappa shape index (κ3) is 4.95. The van der Waals surface area contributed by atoms with Crippen LogP contribution in [0.25, 0.3) is 0 Å². The summed E-state index contributed by atoms with van der Waals surface area (Å²) in [6.45, 7) is 18.6. The molecule has 1 aliphatic carbocycles. The topological polar surface area (TPSA) is 48.0 Å². The fourth-order valence-corrected chi connectivity index (χ4v) is 3.56. The molecule has 0 aromatic rings. The van der Waals surface area contributed by atoms with E-state index in [0.717, 1.165) is 19.8 Å². The number of carbonyl (C=O) groups is 1. The lowest BCUT2D eigenvalue weighted by molar-refractivity contribution is -0.261. The van der Waals surface area contributed by atoms with E-state index in [1.54, 1.807) is 14.0 Å². The second kappa shape index (κ2) is 8.36. The van der Waals surface area contributed by atoms with Crippen LogP contribution in [0.1, 0.15) is 68.2 Å². The van der Waals surface area contributed by atoms with Crippen molar-refractivity contribution in [1.82, 2.24) is 4.90 Å². The van der Waals surface area contributed by atoms with Crippen molar-refractivity contribution in [3.63, 3.8) is 0 Å². The molecule has 2 aliphatic heterocycles. The van der Waals surface area contributed by atoms with Gasteiger partial charge in [0, 0.05) is 26.0 Å². The average molecular weight is 358 g/mol. The molecule has 2 atom stereocenters. The van der Waals surface area contributed by atoms with E-state index in [0.29, 0.717) is 11.5 Å². The van der Waals surface area contributed by atoms with Gasteiger partial charge in [-0.15, -0.1) is 0 Å². The Hall–Kier alpha value is -0.650. The predicted molar refractivity (Wildman–Crippen MR) is 101 cm³/mol. The van der Waals surface area contributed by atoms with Gasteiger partial charge in [-0.1, -0.05) is 13.8 Å². The summed E-state index contributed by atoms with van der Waals surface area (Å²) in [5.41, 5.74) is 0.321. The van der Waals surface area contributed by atoms with Gasteiger partial charge in [0.1, 0.15) is 0 Å². The van der Waals surface area contributed by atoms with Crippen LogP contribution in [-0.4, -0.2) is 61.0 Å². The minimum atomic E-state index is -0.111. The van der Waals surface area contributed by atoms with Gasteiger partial charge in [-0.3, -0.25) is 4.79 Å². The first-order valence-corrected chi connectivity index (χ1v) is 9.58. The number of amides is 1. The van der Waals surface area contributed by atoms with E-state index >= 15 is 0 Å². The second-order valence-corrected chi connectivity index (χ2v) is 8.62. The highest BCUT2D eigenvalue weighted by molar-refractivity contribution is 5.75. The van der Waals surface area contributed by atoms with Crippen LogP contribution in [0.4, 0.5) is 0 Å². The standard InChI is InChI=1S/C10H18O2.C8H15NO2.C2H6/c1-9(2,3)12-8-4-5-10(8)6-11-7-10;1-6(10)9-5-7(11-4)8(9,2)3;1-2/h8H,4-7H2,1-3H3;7H,5H2,1-4H3;1-2H3. The first-order chi connectivity index (χ1) is 11.5. The van der Waals surface area contributed by atoms with Crippen LogP contribution < -0.4 is 0 Å². The summed E-state index contributed by atoms with van der Waals surface area (Å²) in [6.07, 6.45) is 3.19. The van der Waals surface area contributed by atoms with E-state index in [-0.39, 0.29) is 23.2 Å². The van der Waals surface area contributed by atoms with Crippen LogP contribution in [0.15, 0.2) is 0 Å². The van der Waals surface area contributed by atoms with E-state index < -0.39 is 0 Å². The molecule has 2 unspecified atom stereocenters. The lowest BCUT2D eigenvalue weighted by atomic mass is 9.64. The van der Waals surface area contributed by atoms with Gasteiger partial charge in [-0.25, -0.2) is 0 Å². The molecule has 1 saturated carbocycles. The highest BCUT2D eigenvalue weighted by Crippen LogP contribution is 2.49. The van der Waals surface area contributed by atoms with Crippen LogP contribution in [-0.2, 0) is 19.0 Å². The van der Waals surface area contributed by atoms with Gasteiger partial charge in [0.25, 0.3) is 0 Å². The van der Waals surface area contributed by atoms with Crippen molar-refractivity contribution in [3.8, 4) is 0 Å². The Morgan fingerprint density at radius 3 is 1.96 bits per heavy atom. The minimum Gasteiger partial charge on any atom is -0.380 e. The predicted octanol–water partition coefficient (Wildman–Crippen LogP) is 3.65. The molecule has 25 heavy (non-hydrogen) atoms. The molecule has 3 rings (SSSR count). The van der Waals surface area contributed by atoms with Crippen molar-refractivity contribution in [2.45, 2.75) is 91.6 Å². The molecule has 0 radical (unpaired) electrons. The molecule has 1 spiro atoms. The molecular weight excluding hydrogens is 318 g/mol. The summed E-state index contributed by atoms with van der Waals surface area (Å²) in [4.78, 5) is 12.8. The summed E-state index contributed by atoms with van der Waals surface area (Å²) in [5.74, 6) is 0.128. The van der Waals surface area contributed by atoms with Crippen molar-refractivity contribution in [2.75, 3.05) is 26.9 Å². The van der Waals surface area contributed by atoms with Gasteiger partial charge in [0.15, 0.2) is 0 Å². The molecule has 5 nitrogen and oxygen atoms in total. The average Bonchev–Trinajstić information content (AvgIpc) is 2.43. The zero-order chi connectivity index (χ0) is 19.5. The van der Waals surface area contributed by atoms with Crippen molar-refractivity contribution in [2.24, 2.45) is 5.41 Å². The Morgan fingerprint density at radius 2 is 1.72 bits per heavy atom. The van der Waals surface area contributed by atoms with E-state index in [4.69, 9.17) is 14.2 Å². The summed E-state index contributed by atoms with van der Waals surface area (Å²) >= 11 is 0. The Labute approximate surface area is 154 Å². The Bertz CT molecular complexity index is 432. The minimum absolute atomic E-state index is 0.00762. The lowest BCUT2D eigenvalue weighted by Crippen LogP contribution is -2.69. The Kier molecular flexibility index (Phi) is 7.49. The van der Waals surface area contributed by atoms with Crippen LogP contribution in [0.2, 0.25) is 0 Å². The summed E-state index contributed by atoms with van der Waals surface area (Å²) in [5, 5.41) is 0. The van der Waals surface area contributed by atoms with Gasteiger partial charge in [0.2, 0.25) is 5.91 Å². The summed E-state index contributed by atoms with van der Waals surface area (Å²) in [7, 11) is 1.68. The maximum atomic E-state index is 11.0. The van der Waals surface area contributed by atoms with Gasteiger partial charge >= 0.3 is 0 Å². The SMILES string of the molecule is CC.CC(C)(C)OC1CCC12COC2.COC1CN(C(C)=O)C1(C)C. The zero-order valence-corrected chi connectivity index (χ0v) is 17.8. The molecule has 3 aliphatic rings. The lowest BCUT2D eigenvalue weighted by Gasteiger charge is -2.56. The highest BCUT2D eigenvalue weighted by Gasteiger charge is 2.54. The first-order valence-electron chi connectivity index (χ1n) is 9.58. The molecule has 0 aromatic carbocycles. The number of hydrogen-bond acceptors (Lipinski definition) is 4. The number of methoxy groups -OCH3 is 1. The normalized spacial score (nSPS) is 28.3. The molecule has 0 bridgehead atoms. The van der Waals surface area contributed by atoms with E-state index in [2.05, 4.69) is 20.8 Å². The van der Waals surface area contributed by atoms with E-state index in [9.17, 15) is 4.79 Å². The van der Waals surface area contributed by atoms with Crippen molar-refractivity contribution < 1.29 is 19.0 Å². The number of ether oxygens (including phenoxy) is 3. The van der Waals surface area contributed by atoms with Crippen molar-refractivity contribution in [1.29, 1.82) is 0 Å². The van der Waals surface area contributed by atoms with E-state index in [1.807, 2.05) is 32.6 Å². The molecule has 0 N–H and O–H groups in total. The van der Waals surface area contributed by atoms with Gasteiger partial charge in [0.05, 0.1) is 36.6 Å². The molecule has 3 fully saturated rings. The van der Waals surface area contributed by atoms with Crippen molar-refractivity contribution in [3.05, 3.63) is 0 Å². The Morgan fingerprint density at radius 1 is 1.16 bits per heavy atom. The number of carbonyl (C=O) groups excluding carboxylic acids is 1. The van der Waals surface area contributed by atoms with Gasteiger partial charge in [-0.05, 0) is 47.5 Å². The number of likely N-dealkylation sites (tertiary alicyclic amines) is 1. The van der Waals surface area contributed by atoms with Crippen LogP contribution in [0.3, 0.4) is 0 Å². The fourth-order valence-electron chi connectivity index (χ4n) is 3.56. The highest BCUT2D eigenvalue weighted by atomic mass is 16.5. The van der Waals surface area contributed by atoms with Gasteiger partial charge < -0.3 is 19.1 Å². The quantitative estimate of drug-likeness (QED) is 0.757. The van der Waals surface area contributed by atoms with Gasteiger partial charge in [-0.2, -0.15) is 0 Å². The monoisotopic (exact) mass is 357 g/mol. The molecule has 0 aromatic heterocycles. The molecule has 2 heterocycles. The fraction of sp³-hybridized carbons (Fsp3) is 0.950. The molecule has 2 saturated heterocycles. The van der Waals surface area contributed by atoms with Crippen LogP contribution in [0, 0.1) is 5.41 Å². The number of rotatable bonds is 2. The number of hydrogen-bond donors (Lipinski definition) is 0. The van der Waals surface area contributed by atoms with Crippen molar-refractivity contribution >= 4 is 5.91 Å². The number of nitrogens with zero attached hydrogens (tertiary/aromatic N) is 1. The maximum Gasteiger partial charge on any atom is 0.220 e. The third-order valence-electron chi connectivity index (χ3n) is 5.36. The second-order valence-electron chi connectivity index (χ2n) is 8.62. The summed E-state index contributed by atoms with van der Waals surface area (Å²) in [6, 6.07) is 0. The Balaban J connectivity index is 0.000000229. The molecule has 148 valence electrons. The summed E-state index contributed by atoms with van der Waals surface area (Å²) < 4.78 is 16.4. The molecule has 1 amide bonds. The smallest absolute Gasteiger partial charge is 0.220 e. The largest absolute Gasteiger partial charge is 0.380 e. The first kappa shape index (κ1) is 22.4. The molecule has 5 heteroatoms. The zero-order valence-electron chi connectivity index (χ0n) is 17.8. The third-order valence-corrected chi connectivity index (χ3v) is 5.36. The van der Waals surface area contributed by atoms with E-state index in [1.165, 1.54) is 12.8 Å². The van der Waals surface area contributed by atoms with Crippen LogP contribution >= 0.6 is 0 Å². The molecular formula is C20H39NO4. The van der Waals surface area contributed by atoms with Crippen LogP contribution in [0.5, 0.6) is 0 Å². The maximum absolute atomic E-state index is 11.0.